The number of aromatic nitrogens is 1. The molecule has 1 aliphatic heterocycles. The van der Waals surface area contributed by atoms with E-state index in [2.05, 4.69) is 4.99 Å². The van der Waals surface area contributed by atoms with Crippen molar-refractivity contribution >= 4 is 21.3 Å². The number of allylic oxidation sites excluding steroid dienone is 1. The summed E-state index contributed by atoms with van der Waals surface area (Å²) in [5.74, 6) is -2.94. The maximum atomic E-state index is 14.2. The van der Waals surface area contributed by atoms with Crippen molar-refractivity contribution in [3.63, 3.8) is 0 Å². The number of rotatable bonds is 7. The van der Waals surface area contributed by atoms with Gasteiger partial charge in [-0.05, 0) is 43.9 Å². The maximum Gasteiger partial charge on any atom is 0.253 e. The Kier molecular flexibility index (Phi) is 6.04. The SMILES string of the molecule is Cc1cc(C2=NC(CS(C)(=O)=O)C(=O)C=C2Oc2ccc(F)cc2F)cn(CC2CC2)c1=O. The molecule has 2 heterocycles. The molecule has 0 N–H and O–H groups in total. The van der Waals surface area contributed by atoms with Gasteiger partial charge >= 0.3 is 0 Å². The van der Waals surface area contributed by atoms with E-state index >= 15 is 0 Å². The van der Waals surface area contributed by atoms with Gasteiger partial charge in [-0.15, -0.1) is 0 Å². The second-order valence-corrected chi connectivity index (χ2v) is 10.7. The molecule has 0 amide bonds. The number of dihydropyridines is 1. The van der Waals surface area contributed by atoms with Crippen molar-refractivity contribution in [3.8, 4) is 5.75 Å². The summed E-state index contributed by atoms with van der Waals surface area (Å²) in [6.45, 7) is 2.17. The van der Waals surface area contributed by atoms with Crippen molar-refractivity contribution in [3.05, 3.63) is 75.4 Å². The quantitative estimate of drug-likeness (QED) is 0.612. The van der Waals surface area contributed by atoms with Gasteiger partial charge in [0.2, 0.25) is 0 Å². The number of pyridine rings is 1. The molecule has 1 aromatic heterocycles. The Labute approximate surface area is 189 Å². The first kappa shape index (κ1) is 23.0. The Balaban J connectivity index is 1.79. The smallest absolute Gasteiger partial charge is 0.253 e. The minimum atomic E-state index is -3.54. The fourth-order valence-corrected chi connectivity index (χ4v) is 4.40. The molecule has 0 bridgehead atoms. The molecule has 0 saturated heterocycles. The number of benzene rings is 1. The van der Waals surface area contributed by atoms with Crippen LogP contribution in [0.1, 0.15) is 24.0 Å². The third-order valence-corrected chi connectivity index (χ3v) is 6.31. The predicted molar refractivity (Wildman–Crippen MR) is 118 cm³/mol. The Hall–Kier alpha value is -3.14. The standard InChI is InChI=1S/C23H22F2N2O5S/c1-13-7-15(11-27(23(13)29)10-14-3-4-14)22-21(32-20-6-5-16(24)8-17(20)25)9-19(28)18(26-22)12-33(2,30)31/h5-9,11,14,18H,3-4,10,12H2,1-2H3. The maximum absolute atomic E-state index is 14.2. The zero-order chi connectivity index (χ0) is 23.9. The summed E-state index contributed by atoms with van der Waals surface area (Å²) in [6.07, 6.45) is 5.70. The van der Waals surface area contributed by atoms with Crippen LogP contribution >= 0.6 is 0 Å². The topological polar surface area (TPSA) is 94.8 Å². The van der Waals surface area contributed by atoms with E-state index in [4.69, 9.17) is 4.74 Å². The van der Waals surface area contributed by atoms with E-state index in [1.165, 1.54) is 0 Å². The summed E-state index contributed by atoms with van der Waals surface area (Å²) in [7, 11) is -3.54. The minimum absolute atomic E-state index is 0.111. The molecule has 1 aliphatic carbocycles. The van der Waals surface area contributed by atoms with Crippen LogP contribution in [0.2, 0.25) is 0 Å². The Bertz CT molecular complexity index is 1360. The molecule has 1 unspecified atom stereocenters. The lowest BCUT2D eigenvalue weighted by atomic mass is 10.0. The third kappa shape index (κ3) is 5.44. The van der Waals surface area contributed by atoms with Crippen molar-refractivity contribution in [2.75, 3.05) is 12.0 Å². The number of hydrogen-bond donors (Lipinski definition) is 0. The average Bonchev–Trinajstić information content (AvgIpc) is 3.52. The van der Waals surface area contributed by atoms with Crippen LogP contribution in [-0.4, -0.2) is 42.5 Å². The third-order valence-electron chi connectivity index (χ3n) is 5.38. The van der Waals surface area contributed by atoms with Crippen molar-refractivity contribution < 1.29 is 26.7 Å². The highest BCUT2D eigenvalue weighted by Gasteiger charge is 2.31. The molecule has 0 radical (unpaired) electrons. The van der Waals surface area contributed by atoms with Gasteiger partial charge in [-0.1, -0.05) is 0 Å². The van der Waals surface area contributed by atoms with E-state index in [1.54, 1.807) is 23.8 Å². The number of carbonyl (C=O) groups is 1. The summed E-state index contributed by atoms with van der Waals surface area (Å²) in [5.41, 5.74) is 0.800. The van der Waals surface area contributed by atoms with Crippen molar-refractivity contribution in [2.45, 2.75) is 32.4 Å². The Morgan fingerprint density at radius 1 is 1.18 bits per heavy atom. The van der Waals surface area contributed by atoms with E-state index in [0.717, 1.165) is 37.3 Å². The molecule has 2 aliphatic rings. The molecule has 174 valence electrons. The number of ketones is 1. The second-order valence-electron chi connectivity index (χ2n) is 8.49. The van der Waals surface area contributed by atoms with Crippen LogP contribution in [0.15, 0.2) is 52.1 Å². The zero-order valence-electron chi connectivity index (χ0n) is 18.0. The first-order valence-corrected chi connectivity index (χ1v) is 12.4. The molecule has 33 heavy (non-hydrogen) atoms. The van der Waals surface area contributed by atoms with Gasteiger partial charge in [0.05, 0.1) is 5.75 Å². The molecule has 1 atom stereocenters. The fourth-order valence-electron chi connectivity index (χ4n) is 3.58. The lowest BCUT2D eigenvalue weighted by molar-refractivity contribution is -0.115. The average molecular weight is 477 g/mol. The normalized spacial score (nSPS) is 18.7. The van der Waals surface area contributed by atoms with Crippen molar-refractivity contribution in [1.29, 1.82) is 0 Å². The highest BCUT2D eigenvalue weighted by molar-refractivity contribution is 7.90. The summed E-state index contributed by atoms with van der Waals surface area (Å²) < 4.78 is 58.3. The summed E-state index contributed by atoms with van der Waals surface area (Å²) >= 11 is 0. The molecule has 10 heteroatoms. The number of nitrogens with zero attached hydrogens (tertiary/aromatic N) is 2. The predicted octanol–water partition coefficient (Wildman–Crippen LogP) is 2.59. The largest absolute Gasteiger partial charge is 0.452 e. The summed E-state index contributed by atoms with van der Waals surface area (Å²) in [5, 5.41) is 0. The van der Waals surface area contributed by atoms with Gasteiger partial charge in [-0.3, -0.25) is 14.6 Å². The summed E-state index contributed by atoms with van der Waals surface area (Å²) in [4.78, 5) is 29.5. The van der Waals surface area contributed by atoms with Gasteiger partial charge < -0.3 is 9.30 Å². The number of aliphatic imine (C=N–C) groups is 1. The molecule has 1 aromatic carbocycles. The van der Waals surface area contributed by atoms with Gasteiger partial charge in [-0.25, -0.2) is 17.2 Å². The first-order valence-electron chi connectivity index (χ1n) is 10.4. The van der Waals surface area contributed by atoms with E-state index in [-0.39, 0.29) is 22.8 Å². The lowest BCUT2D eigenvalue weighted by Gasteiger charge is -2.21. The molecular formula is C23H22F2N2O5S. The number of carbonyl (C=O) groups excluding carboxylic acids is 1. The zero-order valence-corrected chi connectivity index (χ0v) is 18.9. The second kappa shape index (κ2) is 8.66. The lowest BCUT2D eigenvalue weighted by Crippen LogP contribution is -2.33. The van der Waals surface area contributed by atoms with Gasteiger partial charge in [0.1, 0.15) is 27.4 Å². The van der Waals surface area contributed by atoms with E-state index in [9.17, 15) is 26.8 Å². The number of sulfone groups is 1. The molecule has 4 rings (SSSR count). The number of aryl methyl sites for hydroxylation is 1. The Morgan fingerprint density at radius 2 is 1.91 bits per heavy atom. The van der Waals surface area contributed by atoms with Gasteiger partial charge in [0.25, 0.3) is 5.56 Å². The monoisotopic (exact) mass is 476 g/mol. The number of ether oxygens (including phenoxy) is 1. The Morgan fingerprint density at radius 3 is 2.55 bits per heavy atom. The van der Waals surface area contributed by atoms with Crippen molar-refractivity contribution in [1.82, 2.24) is 4.57 Å². The van der Waals surface area contributed by atoms with Crippen molar-refractivity contribution in [2.24, 2.45) is 10.9 Å². The van der Waals surface area contributed by atoms with Crippen LogP contribution in [-0.2, 0) is 21.2 Å². The number of halogens is 2. The molecule has 1 saturated carbocycles. The van der Waals surface area contributed by atoms with Gasteiger partial charge in [0.15, 0.2) is 23.1 Å². The van der Waals surface area contributed by atoms with Crippen LogP contribution in [0.3, 0.4) is 0 Å². The molecule has 7 nitrogen and oxygen atoms in total. The van der Waals surface area contributed by atoms with Crippen LogP contribution in [0, 0.1) is 24.5 Å². The molecule has 2 aromatic rings. The first-order chi connectivity index (χ1) is 15.5. The highest BCUT2D eigenvalue weighted by atomic mass is 32.2. The van der Waals surface area contributed by atoms with Gasteiger partial charge in [0, 0.05) is 42.3 Å². The minimum Gasteiger partial charge on any atom is -0.452 e. The fraction of sp³-hybridized carbons (Fsp3) is 0.348. The van der Waals surface area contributed by atoms with Crippen LogP contribution in [0.4, 0.5) is 8.78 Å². The summed E-state index contributed by atoms with van der Waals surface area (Å²) in [6, 6.07) is 3.09. The van der Waals surface area contributed by atoms with Crippen LogP contribution in [0.25, 0.3) is 0 Å². The van der Waals surface area contributed by atoms with E-state index in [1.807, 2.05) is 0 Å². The van der Waals surface area contributed by atoms with Crippen LogP contribution < -0.4 is 10.3 Å². The molecular weight excluding hydrogens is 454 g/mol. The van der Waals surface area contributed by atoms with Gasteiger partial charge in [-0.2, -0.15) is 0 Å². The molecule has 0 spiro atoms. The number of hydrogen-bond acceptors (Lipinski definition) is 6. The van der Waals surface area contributed by atoms with E-state index in [0.29, 0.717) is 29.7 Å². The van der Waals surface area contributed by atoms with Crippen LogP contribution in [0.5, 0.6) is 5.75 Å². The molecule has 1 fully saturated rings. The highest BCUT2D eigenvalue weighted by Crippen LogP contribution is 2.30. The van der Waals surface area contributed by atoms with E-state index < -0.39 is 39.0 Å².